The molecular weight excluding hydrogens is 210 g/mol. The maximum atomic E-state index is 11.3. The Labute approximate surface area is 92.5 Å². The van der Waals surface area contributed by atoms with Crippen LogP contribution in [-0.4, -0.2) is 18.0 Å². The fourth-order valence-electron chi connectivity index (χ4n) is 1.28. The van der Waals surface area contributed by atoms with Gasteiger partial charge in [0.1, 0.15) is 5.56 Å². The zero-order valence-electron chi connectivity index (χ0n) is 8.97. The van der Waals surface area contributed by atoms with E-state index >= 15 is 0 Å². The summed E-state index contributed by atoms with van der Waals surface area (Å²) in [6, 6.07) is 4.30. The molecule has 0 fully saturated rings. The highest BCUT2D eigenvalue weighted by molar-refractivity contribution is 5.94. The van der Waals surface area contributed by atoms with Crippen molar-refractivity contribution in [1.82, 2.24) is 0 Å². The smallest absolute Gasteiger partial charge is 0.344 e. The fourth-order valence-corrected chi connectivity index (χ4v) is 1.28. The molecule has 1 aromatic carbocycles. The van der Waals surface area contributed by atoms with E-state index in [1.165, 1.54) is 19.2 Å². The number of ether oxygens (including phenoxy) is 1. The molecule has 0 spiro atoms. The first-order valence-corrected chi connectivity index (χ1v) is 4.59. The molecule has 5 nitrogen and oxygen atoms in total. The number of carbonyl (C=O) groups is 1. The van der Waals surface area contributed by atoms with E-state index in [-0.39, 0.29) is 11.3 Å². The third kappa shape index (κ3) is 2.44. The van der Waals surface area contributed by atoms with Crippen LogP contribution in [0.15, 0.2) is 24.3 Å². The van der Waals surface area contributed by atoms with Crippen LogP contribution < -0.4 is 0 Å². The average molecular weight is 221 g/mol. The number of rotatable bonds is 3. The van der Waals surface area contributed by atoms with E-state index in [1.54, 1.807) is 18.2 Å². The number of nitrogens with zero attached hydrogens (tertiary/aromatic N) is 1. The number of nitro benzene ring substituents is 1. The van der Waals surface area contributed by atoms with Crippen molar-refractivity contribution < 1.29 is 14.5 Å². The summed E-state index contributed by atoms with van der Waals surface area (Å²) >= 11 is 0. The van der Waals surface area contributed by atoms with Gasteiger partial charge in [0.05, 0.1) is 12.0 Å². The molecule has 0 aliphatic rings. The summed E-state index contributed by atoms with van der Waals surface area (Å²) in [6.45, 7) is 1.82. The van der Waals surface area contributed by atoms with Gasteiger partial charge in [0, 0.05) is 6.07 Å². The molecule has 16 heavy (non-hydrogen) atoms. The SMILES string of the molecule is C/C=C/c1ccc([N+](=O)[O-])c(C(=O)OC)c1. The van der Waals surface area contributed by atoms with Gasteiger partial charge in [-0.3, -0.25) is 10.1 Å². The number of nitro groups is 1. The summed E-state index contributed by atoms with van der Waals surface area (Å²) in [6.07, 6.45) is 3.53. The molecule has 0 aliphatic carbocycles. The molecule has 0 amide bonds. The van der Waals surface area contributed by atoms with Crippen LogP contribution in [0.25, 0.3) is 6.08 Å². The molecule has 0 N–H and O–H groups in total. The average Bonchev–Trinajstić information content (AvgIpc) is 2.28. The van der Waals surface area contributed by atoms with Crippen molar-refractivity contribution in [1.29, 1.82) is 0 Å². The van der Waals surface area contributed by atoms with E-state index in [9.17, 15) is 14.9 Å². The summed E-state index contributed by atoms with van der Waals surface area (Å²) in [5.74, 6) is -0.710. The van der Waals surface area contributed by atoms with Gasteiger partial charge in [0.2, 0.25) is 0 Å². The minimum atomic E-state index is -0.710. The molecule has 0 radical (unpaired) electrons. The lowest BCUT2D eigenvalue weighted by Crippen LogP contribution is -2.05. The Morgan fingerprint density at radius 3 is 2.69 bits per heavy atom. The first kappa shape index (κ1) is 11.9. The van der Waals surface area contributed by atoms with Crippen LogP contribution in [0.1, 0.15) is 22.8 Å². The quantitative estimate of drug-likeness (QED) is 0.446. The summed E-state index contributed by atoms with van der Waals surface area (Å²) < 4.78 is 4.49. The molecule has 5 heteroatoms. The van der Waals surface area contributed by atoms with E-state index in [0.29, 0.717) is 5.56 Å². The Kier molecular flexibility index (Phi) is 3.77. The van der Waals surface area contributed by atoms with Crippen LogP contribution >= 0.6 is 0 Å². The predicted molar refractivity (Wildman–Crippen MR) is 59.1 cm³/mol. The van der Waals surface area contributed by atoms with Crippen molar-refractivity contribution in [2.24, 2.45) is 0 Å². The van der Waals surface area contributed by atoms with Crippen molar-refractivity contribution in [3.05, 3.63) is 45.5 Å². The van der Waals surface area contributed by atoms with Crippen LogP contribution in [0.5, 0.6) is 0 Å². The van der Waals surface area contributed by atoms with Crippen LogP contribution in [0.4, 0.5) is 5.69 Å². The summed E-state index contributed by atoms with van der Waals surface area (Å²) in [7, 11) is 1.19. The lowest BCUT2D eigenvalue weighted by Gasteiger charge is -2.02. The van der Waals surface area contributed by atoms with Crippen molar-refractivity contribution in [3.63, 3.8) is 0 Å². The predicted octanol–water partition coefficient (Wildman–Crippen LogP) is 2.41. The van der Waals surface area contributed by atoms with Crippen LogP contribution in [0.2, 0.25) is 0 Å². The highest BCUT2D eigenvalue weighted by Crippen LogP contribution is 2.21. The first-order valence-electron chi connectivity index (χ1n) is 4.59. The summed E-state index contributed by atoms with van der Waals surface area (Å²) in [5.41, 5.74) is 0.428. The number of hydrogen-bond acceptors (Lipinski definition) is 4. The number of benzene rings is 1. The van der Waals surface area contributed by atoms with Gasteiger partial charge in [0.25, 0.3) is 5.69 Å². The highest BCUT2D eigenvalue weighted by atomic mass is 16.6. The molecule has 1 rings (SSSR count). The van der Waals surface area contributed by atoms with Gasteiger partial charge >= 0.3 is 5.97 Å². The lowest BCUT2D eigenvalue weighted by molar-refractivity contribution is -0.385. The molecule has 84 valence electrons. The largest absolute Gasteiger partial charge is 0.465 e. The Hall–Kier alpha value is -2.17. The second-order valence-electron chi connectivity index (χ2n) is 3.03. The zero-order chi connectivity index (χ0) is 12.1. The second-order valence-corrected chi connectivity index (χ2v) is 3.03. The maximum Gasteiger partial charge on any atom is 0.344 e. The minimum absolute atomic E-state index is 0.0388. The fraction of sp³-hybridized carbons (Fsp3) is 0.182. The van der Waals surface area contributed by atoms with Gasteiger partial charge in [-0.1, -0.05) is 12.2 Å². The molecule has 0 heterocycles. The molecule has 0 atom stereocenters. The molecule has 0 aromatic heterocycles. The van der Waals surface area contributed by atoms with Crippen molar-refractivity contribution >= 4 is 17.7 Å². The van der Waals surface area contributed by atoms with Crippen molar-refractivity contribution in [2.45, 2.75) is 6.92 Å². The molecule has 0 saturated carbocycles. The summed E-state index contributed by atoms with van der Waals surface area (Å²) in [4.78, 5) is 21.4. The normalized spacial score (nSPS) is 10.4. The van der Waals surface area contributed by atoms with Gasteiger partial charge in [-0.2, -0.15) is 0 Å². The molecule has 0 unspecified atom stereocenters. The summed E-state index contributed by atoms with van der Waals surface area (Å²) in [5, 5.41) is 10.7. The third-order valence-corrected chi connectivity index (χ3v) is 1.98. The minimum Gasteiger partial charge on any atom is -0.465 e. The van der Waals surface area contributed by atoms with Gasteiger partial charge in [-0.15, -0.1) is 0 Å². The van der Waals surface area contributed by atoms with Crippen molar-refractivity contribution in [2.75, 3.05) is 7.11 Å². The van der Waals surface area contributed by atoms with Gasteiger partial charge < -0.3 is 4.74 Å². The van der Waals surface area contributed by atoms with E-state index in [4.69, 9.17) is 0 Å². The number of methoxy groups -OCH3 is 1. The Morgan fingerprint density at radius 2 is 2.19 bits per heavy atom. The Morgan fingerprint density at radius 1 is 1.50 bits per heavy atom. The monoisotopic (exact) mass is 221 g/mol. The lowest BCUT2D eigenvalue weighted by atomic mass is 10.1. The standard InChI is InChI=1S/C11H11NO4/c1-3-4-8-5-6-10(12(14)15)9(7-8)11(13)16-2/h3-7H,1-2H3/b4-3+. The number of hydrogen-bond donors (Lipinski definition) is 0. The van der Waals surface area contributed by atoms with Crippen molar-refractivity contribution in [3.8, 4) is 0 Å². The van der Waals surface area contributed by atoms with Crippen LogP contribution in [0.3, 0.4) is 0 Å². The number of esters is 1. The molecule has 0 aliphatic heterocycles. The van der Waals surface area contributed by atoms with E-state index in [0.717, 1.165) is 0 Å². The highest BCUT2D eigenvalue weighted by Gasteiger charge is 2.20. The Bertz CT molecular complexity index is 451. The van der Waals surface area contributed by atoms with Gasteiger partial charge in [0.15, 0.2) is 0 Å². The second kappa shape index (κ2) is 5.06. The first-order chi connectivity index (χ1) is 7.60. The molecular formula is C11H11NO4. The molecule has 1 aromatic rings. The molecule has 0 bridgehead atoms. The number of carbonyl (C=O) groups excluding carboxylic acids is 1. The van der Waals surface area contributed by atoms with Gasteiger partial charge in [-0.05, 0) is 24.6 Å². The van der Waals surface area contributed by atoms with E-state index < -0.39 is 10.9 Å². The Balaban J connectivity index is 3.32. The maximum absolute atomic E-state index is 11.3. The third-order valence-electron chi connectivity index (χ3n) is 1.98. The van der Waals surface area contributed by atoms with Gasteiger partial charge in [-0.25, -0.2) is 4.79 Å². The van der Waals surface area contributed by atoms with E-state index in [2.05, 4.69) is 4.74 Å². The topological polar surface area (TPSA) is 69.4 Å². The van der Waals surface area contributed by atoms with Crippen LogP contribution in [0, 0.1) is 10.1 Å². The zero-order valence-corrected chi connectivity index (χ0v) is 8.97. The molecule has 0 saturated heterocycles. The van der Waals surface area contributed by atoms with E-state index in [1.807, 2.05) is 6.92 Å². The van der Waals surface area contributed by atoms with Crippen LogP contribution in [-0.2, 0) is 4.74 Å². The number of allylic oxidation sites excluding steroid dienone is 1.